The van der Waals surface area contributed by atoms with Gasteiger partial charge in [-0.15, -0.1) is 0 Å². The first-order valence-electron chi connectivity index (χ1n) is 7.68. The highest BCUT2D eigenvalue weighted by atomic mass is 16.4. The fourth-order valence-electron chi connectivity index (χ4n) is 3.94. The molecule has 2 saturated heterocycles. The maximum Gasteiger partial charge on any atom is 0.299 e. The zero-order valence-corrected chi connectivity index (χ0v) is 12.2. The van der Waals surface area contributed by atoms with Crippen LogP contribution >= 0.6 is 0 Å². The van der Waals surface area contributed by atoms with Crippen LogP contribution in [0.5, 0.6) is 0 Å². The second-order valence-corrected chi connectivity index (χ2v) is 7.25. The van der Waals surface area contributed by atoms with E-state index < -0.39 is 0 Å². The summed E-state index contributed by atoms with van der Waals surface area (Å²) in [5.74, 6) is 1.75. The molecule has 0 aromatic rings. The third-order valence-electron chi connectivity index (χ3n) is 4.89. The standard InChI is InChI=1S/C15H29BO/c1-5-14(15(2,3)4)17-16-12-8-6-9-13(16)11-7-10-12/h12-14H,5-11H2,1-4H3. The SMILES string of the molecule is CCC(OB1C2CCCC1CCC2)C(C)(C)C. The average Bonchev–Trinajstić information content (AvgIpc) is 2.23. The highest BCUT2D eigenvalue weighted by Crippen LogP contribution is 2.47. The van der Waals surface area contributed by atoms with Gasteiger partial charge in [-0.2, -0.15) is 0 Å². The summed E-state index contributed by atoms with van der Waals surface area (Å²) in [4.78, 5) is 0. The Morgan fingerprint density at radius 2 is 1.53 bits per heavy atom. The normalized spacial score (nSPS) is 31.4. The van der Waals surface area contributed by atoms with Crippen LogP contribution in [0.2, 0.25) is 11.6 Å². The molecule has 0 N–H and O–H groups in total. The Labute approximate surface area is 108 Å². The van der Waals surface area contributed by atoms with Gasteiger partial charge in [0.2, 0.25) is 0 Å². The summed E-state index contributed by atoms with van der Waals surface area (Å²) >= 11 is 0. The van der Waals surface area contributed by atoms with Gasteiger partial charge in [0.1, 0.15) is 0 Å². The first kappa shape index (κ1) is 13.5. The van der Waals surface area contributed by atoms with Crippen molar-refractivity contribution in [3.63, 3.8) is 0 Å². The van der Waals surface area contributed by atoms with Crippen molar-refractivity contribution in [1.29, 1.82) is 0 Å². The van der Waals surface area contributed by atoms with E-state index in [-0.39, 0.29) is 0 Å². The Morgan fingerprint density at radius 1 is 1.06 bits per heavy atom. The molecule has 98 valence electrons. The van der Waals surface area contributed by atoms with Gasteiger partial charge in [-0.05, 0) is 23.5 Å². The van der Waals surface area contributed by atoms with E-state index in [1.165, 1.54) is 38.5 Å². The van der Waals surface area contributed by atoms with Crippen molar-refractivity contribution in [2.24, 2.45) is 5.41 Å². The summed E-state index contributed by atoms with van der Waals surface area (Å²) in [5.41, 5.74) is 0.292. The predicted octanol–water partition coefficient (Wildman–Crippen LogP) is 4.93. The minimum Gasteiger partial charge on any atom is -0.432 e. The van der Waals surface area contributed by atoms with Crippen molar-refractivity contribution < 1.29 is 4.65 Å². The van der Waals surface area contributed by atoms with Crippen LogP contribution in [0.4, 0.5) is 0 Å². The molecule has 1 nitrogen and oxygen atoms in total. The first-order valence-corrected chi connectivity index (χ1v) is 7.68. The summed E-state index contributed by atoms with van der Waals surface area (Å²) in [6.45, 7) is 9.81. The van der Waals surface area contributed by atoms with Gasteiger partial charge in [0, 0.05) is 6.10 Å². The van der Waals surface area contributed by atoms with Gasteiger partial charge in [0.15, 0.2) is 0 Å². The topological polar surface area (TPSA) is 9.23 Å². The molecule has 0 amide bonds. The molecular weight excluding hydrogens is 207 g/mol. The fourth-order valence-corrected chi connectivity index (χ4v) is 3.94. The van der Waals surface area contributed by atoms with Gasteiger partial charge in [0.25, 0.3) is 6.92 Å². The molecule has 1 unspecified atom stereocenters. The maximum atomic E-state index is 6.57. The molecule has 2 heterocycles. The summed E-state index contributed by atoms with van der Waals surface area (Å²) in [5, 5.41) is 0. The lowest BCUT2D eigenvalue weighted by atomic mass is 9.37. The minimum absolute atomic E-state index is 0.292. The Hall–Kier alpha value is 0.0249. The Balaban J connectivity index is 2.01. The molecule has 2 heteroatoms. The lowest BCUT2D eigenvalue weighted by Crippen LogP contribution is -2.43. The zero-order valence-electron chi connectivity index (χ0n) is 12.2. The van der Waals surface area contributed by atoms with Gasteiger partial charge >= 0.3 is 0 Å². The largest absolute Gasteiger partial charge is 0.432 e. The minimum atomic E-state index is 0.292. The molecule has 2 rings (SSSR count). The number of fused-ring (bicyclic) bond motifs is 2. The monoisotopic (exact) mass is 236 g/mol. The van der Waals surface area contributed by atoms with E-state index in [4.69, 9.17) is 4.65 Å². The van der Waals surface area contributed by atoms with Crippen molar-refractivity contribution >= 4 is 6.92 Å². The molecule has 0 aromatic heterocycles. The Kier molecular flexibility index (Phi) is 4.23. The molecule has 2 fully saturated rings. The molecule has 2 aliphatic rings. The first-order chi connectivity index (χ1) is 8.02. The third-order valence-corrected chi connectivity index (χ3v) is 4.89. The average molecular weight is 236 g/mol. The van der Waals surface area contributed by atoms with Crippen LogP contribution in [0, 0.1) is 5.41 Å². The number of rotatable bonds is 3. The molecule has 0 spiro atoms. The zero-order chi connectivity index (χ0) is 12.5. The highest BCUT2D eigenvalue weighted by molar-refractivity contribution is 6.56. The van der Waals surface area contributed by atoms with Crippen LogP contribution in [-0.2, 0) is 4.65 Å². The van der Waals surface area contributed by atoms with Crippen molar-refractivity contribution in [3.05, 3.63) is 0 Å². The second kappa shape index (κ2) is 5.34. The van der Waals surface area contributed by atoms with Crippen molar-refractivity contribution in [1.82, 2.24) is 0 Å². The van der Waals surface area contributed by atoms with E-state index in [1.54, 1.807) is 0 Å². The van der Waals surface area contributed by atoms with Crippen LogP contribution in [0.3, 0.4) is 0 Å². The van der Waals surface area contributed by atoms with Gasteiger partial charge in [0.05, 0.1) is 0 Å². The van der Waals surface area contributed by atoms with Crippen molar-refractivity contribution in [2.75, 3.05) is 0 Å². The van der Waals surface area contributed by atoms with E-state index in [0.717, 1.165) is 18.1 Å². The molecule has 0 saturated carbocycles. The van der Waals surface area contributed by atoms with E-state index >= 15 is 0 Å². The van der Waals surface area contributed by atoms with E-state index in [1.807, 2.05) is 0 Å². The molecule has 1 atom stereocenters. The smallest absolute Gasteiger partial charge is 0.299 e. The van der Waals surface area contributed by atoms with Crippen LogP contribution in [-0.4, -0.2) is 13.0 Å². The van der Waals surface area contributed by atoms with Crippen LogP contribution in [0.25, 0.3) is 0 Å². The quantitative estimate of drug-likeness (QED) is 0.631. The molecule has 0 radical (unpaired) electrons. The molecule has 0 aromatic carbocycles. The predicted molar refractivity (Wildman–Crippen MR) is 75.6 cm³/mol. The van der Waals surface area contributed by atoms with E-state index in [9.17, 15) is 0 Å². The third kappa shape index (κ3) is 3.07. The van der Waals surface area contributed by atoms with Crippen LogP contribution < -0.4 is 0 Å². The highest BCUT2D eigenvalue weighted by Gasteiger charge is 2.43. The summed E-state index contributed by atoms with van der Waals surface area (Å²) in [7, 11) is 0. The maximum absolute atomic E-state index is 6.57. The van der Waals surface area contributed by atoms with E-state index in [0.29, 0.717) is 18.4 Å². The lowest BCUT2D eigenvalue weighted by molar-refractivity contribution is 0.0705. The summed E-state index contributed by atoms with van der Waals surface area (Å²) in [6.07, 6.45) is 10.2. The van der Waals surface area contributed by atoms with Crippen molar-refractivity contribution in [2.45, 2.75) is 90.4 Å². The van der Waals surface area contributed by atoms with Crippen LogP contribution in [0.1, 0.15) is 72.6 Å². The fraction of sp³-hybridized carbons (Fsp3) is 1.00. The molecule has 17 heavy (non-hydrogen) atoms. The van der Waals surface area contributed by atoms with Crippen LogP contribution in [0.15, 0.2) is 0 Å². The van der Waals surface area contributed by atoms with Gasteiger partial charge in [-0.3, -0.25) is 0 Å². The second-order valence-electron chi connectivity index (χ2n) is 7.25. The Morgan fingerprint density at radius 3 is 1.88 bits per heavy atom. The molecule has 2 aliphatic heterocycles. The molecule has 2 bridgehead atoms. The number of hydrogen-bond donors (Lipinski definition) is 0. The Bertz CT molecular complexity index is 224. The summed E-state index contributed by atoms with van der Waals surface area (Å²) < 4.78 is 6.57. The van der Waals surface area contributed by atoms with Gasteiger partial charge < -0.3 is 4.65 Å². The number of hydrogen-bond acceptors (Lipinski definition) is 1. The van der Waals surface area contributed by atoms with Gasteiger partial charge in [-0.1, -0.05) is 66.2 Å². The molecular formula is C15H29BO. The lowest BCUT2D eigenvalue weighted by Gasteiger charge is -2.43. The van der Waals surface area contributed by atoms with Crippen molar-refractivity contribution in [3.8, 4) is 0 Å². The van der Waals surface area contributed by atoms with Gasteiger partial charge in [-0.25, -0.2) is 0 Å². The van der Waals surface area contributed by atoms with E-state index in [2.05, 4.69) is 27.7 Å². The summed E-state index contributed by atoms with van der Waals surface area (Å²) in [6, 6.07) is 0. The molecule has 0 aliphatic carbocycles.